The van der Waals surface area contributed by atoms with E-state index in [1.165, 1.54) is 6.07 Å². The van der Waals surface area contributed by atoms with Gasteiger partial charge in [0.15, 0.2) is 11.6 Å². The molecule has 0 spiro atoms. The first kappa shape index (κ1) is 16.8. The van der Waals surface area contributed by atoms with Gasteiger partial charge in [0.1, 0.15) is 0 Å². The van der Waals surface area contributed by atoms with E-state index in [1.807, 2.05) is 6.92 Å². The molecule has 6 heteroatoms. The Kier molecular flexibility index (Phi) is 5.42. The molecule has 0 fully saturated rings. The molecule has 1 amide bonds. The van der Waals surface area contributed by atoms with Crippen LogP contribution in [-0.2, 0) is 4.79 Å². The van der Waals surface area contributed by atoms with E-state index in [0.717, 1.165) is 29.5 Å². The maximum atomic E-state index is 13.2. The van der Waals surface area contributed by atoms with Crippen LogP contribution >= 0.6 is 23.4 Å². The molecule has 0 aliphatic heterocycles. The first-order valence-electron chi connectivity index (χ1n) is 6.56. The van der Waals surface area contributed by atoms with E-state index in [-0.39, 0.29) is 5.91 Å². The summed E-state index contributed by atoms with van der Waals surface area (Å²) in [5.41, 5.74) is 1.41. The molecule has 0 aliphatic carbocycles. The number of rotatable bonds is 4. The molecule has 1 atom stereocenters. The van der Waals surface area contributed by atoms with Gasteiger partial charge in [0.2, 0.25) is 5.91 Å². The van der Waals surface area contributed by atoms with Crippen molar-refractivity contribution in [1.82, 2.24) is 0 Å². The number of hydrogen-bond acceptors (Lipinski definition) is 2. The summed E-state index contributed by atoms with van der Waals surface area (Å²) in [5.74, 6) is -2.07. The molecule has 2 nitrogen and oxygen atoms in total. The van der Waals surface area contributed by atoms with Crippen LogP contribution in [0.4, 0.5) is 14.5 Å². The molecule has 116 valence electrons. The number of carbonyl (C=O) groups is 1. The monoisotopic (exact) mass is 341 g/mol. The molecule has 0 unspecified atom stereocenters. The van der Waals surface area contributed by atoms with Gasteiger partial charge in [-0.2, -0.15) is 0 Å². The van der Waals surface area contributed by atoms with Crippen molar-refractivity contribution < 1.29 is 13.6 Å². The molecule has 22 heavy (non-hydrogen) atoms. The highest BCUT2D eigenvalue weighted by Gasteiger charge is 2.16. The molecule has 2 aromatic carbocycles. The number of nitrogens with one attached hydrogen (secondary N) is 1. The van der Waals surface area contributed by atoms with E-state index >= 15 is 0 Å². The van der Waals surface area contributed by atoms with E-state index in [1.54, 1.807) is 25.1 Å². The van der Waals surface area contributed by atoms with Gasteiger partial charge in [0.25, 0.3) is 0 Å². The maximum Gasteiger partial charge on any atom is 0.237 e. The van der Waals surface area contributed by atoms with Crippen LogP contribution in [0, 0.1) is 18.6 Å². The first-order valence-corrected chi connectivity index (χ1v) is 7.82. The summed E-state index contributed by atoms with van der Waals surface area (Å²) < 4.78 is 26.1. The molecule has 0 aliphatic rings. The van der Waals surface area contributed by atoms with Crippen LogP contribution < -0.4 is 5.32 Å². The topological polar surface area (TPSA) is 29.1 Å². The molecule has 0 aromatic heterocycles. The van der Waals surface area contributed by atoms with Crippen LogP contribution in [0.3, 0.4) is 0 Å². The van der Waals surface area contributed by atoms with Gasteiger partial charge in [0, 0.05) is 15.6 Å². The summed E-state index contributed by atoms with van der Waals surface area (Å²) in [5, 5.41) is 2.88. The summed E-state index contributed by atoms with van der Waals surface area (Å²) in [7, 11) is 0. The minimum atomic E-state index is -0.928. The average molecular weight is 342 g/mol. The SMILES string of the molecule is Cc1c(Cl)cccc1NC(=O)[C@H](C)Sc1ccc(F)c(F)c1. The highest BCUT2D eigenvalue weighted by Crippen LogP contribution is 2.27. The van der Waals surface area contributed by atoms with E-state index in [4.69, 9.17) is 11.6 Å². The molecule has 1 N–H and O–H groups in total. The summed E-state index contributed by atoms with van der Waals surface area (Å²) in [6, 6.07) is 8.81. The third-order valence-corrected chi connectivity index (χ3v) is 4.60. The van der Waals surface area contributed by atoms with Crippen LogP contribution in [-0.4, -0.2) is 11.2 Å². The van der Waals surface area contributed by atoms with E-state index in [2.05, 4.69) is 5.32 Å². The number of carbonyl (C=O) groups excluding carboxylic acids is 1. The zero-order valence-electron chi connectivity index (χ0n) is 12.0. The Morgan fingerprint density at radius 2 is 1.95 bits per heavy atom. The Labute approximate surface area is 136 Å². The lowest BCUT2D eigenvalue weighted by Gasteiger charge is -2.14. The maximum absolute atomic E-state index is 13.2. The summed E-state index contributed by atoms with van der Waals surface area (Å²) >= 11 is 7.16. The molecule has 0 heterocycles. The van der Waals surface area contributed by atoms with Gasteiger partial charge < -0.3 is 5.32 Å². The van der Waals surface area contributed by atoms with Gasteiger partial charge in [-0.25, -0.2) is 8.78 Å². The minimum Gasteiger partial charge on any atom is -0.325 e. The van der Waals surface area contributed by atoms with Crippen LogP contribution in [0.15, 0.2) is 41.3 Å². The third-order valence-electron chi connectivity index (χ3n) is 3.10. The largest absolute Gasteiger partial charge is 0.325 e. The fourth-order valence-electron chi connectivity index (χ4n) is 1.79. The lowest BCUT2D eigenvalue weighted by Crippen LogP contribution is -2.22. The first-order chi connectivity index (χ1) is 10.4. The Bertz CT molecular complexity index is 709. The van der Waals surface area contributed by atoms with Crippen molar-refractivity contribution in [3.8, 4) is 0 Å². The van der Waals surface area contributed by atoms with Gasteiger partial charge in [-0.1, -0.05) is 17.7 Å². The Balaban J connectivity index is 2.06. The quantitative estimate of drug-likeness (QED) is 0.789. The highest BCUT2D eigenvalue weighted by molar-refractivity contribution is 8.00. The van der Waals surface area contributed by atoms with Gasteiger partial charge >= 0.3 is 0 Å². The van der Waals surface area contributed by atoms with Crippen LogP contribution in [0.1, 0.15) is 12.5 Å². The van der Waals surface area contributed by atoms with Gasteiger partial charge in [-0.15, -0.1) is 11.8 Å². The standard InChI is InChI=1S/C16H14ClF2NOS/c1-9-12(17)4-3-5-15(9)20-16(21)10(2)22-11-6-7-13(18)14(19)8-11/h3-8,10H,1-2H3,(H,20,21)/t10-/m0/s1. The Hall–Kier alpha value is -1.59. The van der Waals surface area contributed by atoms with E-state index in [0.29, 0.717) is 15.6 Å². The number of hydrogen-bond donors (Lipinski definition) is 1. The van der Waals surface area contributed by atoms with E-state index in [9.17, 15) is 13.6 Å². The highest BCUT2D eigenvalue weighted by atomic mass is 35.5. The molecular formula is C16H14ClF2NOS. The summed E-state index contributed by atoms with van der Waals surface area (Å²) in [6.45, 7) is 3.51. The van der Waals surface area contributed by atoms with Crippen LogP contribution in [0.2, 0.25) is 5.02 Å². The summed E-state index contributed by atoms with van der Waals surface area (Å²) in [6.07, 6.45) is 0. The zero-order chi connectivity index (χ0) is 16.3. The second-order valence-electron chi connectivity index (χ2n) is 4.74. The lowest BCUT2D eigenvalue weighted by atomic mass is 10.2. The minimum absolute atomic E-state index is 0.236. The fourth-order valence-corrected chi connectivity index (χ4v) is 2.85. The van der Waals surface area contributed by atoms with Crippen molar-refractivity contribution >= 4 is 35.0 Å². The lowest BCUT2D eigenvalue weighted by molar-refractivity contribution is -0.115. The summed E-state index contributed by atoms with van der Waals surface area (Å²) in [4.78, 5) is 12.7. The number of thioether (sulfide) groups is 1. The second kappa shape index (κ2) is 7.11. The Morgan fingerprint density at radius 3 is 2.64 bits per heavy atom. The number of amides is 1. The van der Waals surface area contributed by atoms with Crippen molar-refractivity contribution in [3.63, 3.8) is 0 Å². The zero-order valence-corrected chi connectivity index (χ0v) is 13.6. The molecule has 2 aromatic rings. The average Bonchev–Trinajstić information content (AvgIpc) is 2.47. The van der Waals surface area contributed by atoms with Gasteiger partial charge in [-0.3, -0.25) is 4.79 Å². The van der Waals surface area contributed by atoms with E-state index < -0.39 is 16.9 Å². The molecule has 0 bridgehead atoms. The van der Waals surface area contributed by atoms with Crippen molar-refractivity contribution in [2.75, 3.05) is 5.32 Å². The number of halogens is 3. The number of benzene rings is 2. The predicted octanol–water partition coefficient (Wildman–Crippen LogP) is 5.05. The van der Waals surface area contributed by atoms with Crippen molar-refractivity contribution in [1.29, 1.82) is 0 Å². The molecule has 0 saturated heterocycles. The van der Waals surface area contributed by atoms with Crippen molar-refractivity contribution in [2.24, 2.45) is 0 Å². The van der Waals surface area contributed by atoms with Gasteiger partial charge in [-0.05, 0) is 49.7 Å². The van der Waals surface area contributed by atoms with Crippen LogP contribution in [0.25, 0.3) is 0 Å². The predicted molar refractivity (Wildman–Crippen MR) is 86.5 cm³/mol. The fraction of sp³-hybridized carbons (Fsp3) is 0.188. The Morgan fingerprint density at radius 1 is 1.23 bits per heavy atom. The van der Waals surface area contributed by atoms with Crippen molar-refractivity contribution in [3.05, 3.63) is 58.6 Å². The molecule has 0 saturated carbocycles. The normalized spacial score (nSPS) is 12.0. The molecular weight excluding hydrogens is 328 g/mol. The smallest absolute Gasteiger partial charge is 0.237 e. The second-order valence-corrected chi connectivity index (χ2v) is 6.56. The third kappa shape index (κ3) is 3.99. The number of anilines is 1. The van der Waals surface area contributed by atoms with Crippen LogP contribution in [0.5, 0.6) is 0 Å². The van der Waals surface area contributed by atoms with Gasteiger partial charge in [0.05, 0.1) is 5.25 Å². The molecule has 0 radical (unpaired) electrons. The van der Waals surface area contributed by atoms with Crippen molar-refractivity contribution in [2.45, 2.75) is 24.0 Å². The molecule has 2 rings (SSSR count).